The normalized spacial score (nSPS) is 11.3. The Kier molecular flexibility index (Phi) is 5.97. The van der Waals surface area contributed by atoms with E-state index in [1.54, 1.807) is 13.0 Å². The van der Waals surface area contributed by atoms with Crippen LogP contribution in [0.25, 0.3) is 0 Å². The number of hydrogen-bond acceptors (Lipinski definition) is 3. The van der Waals surface area contributed by atoms with Gasteiger partial charge in [0.25, 0.3) is 0 Å². The molecule has 18 heavy (non-hydrogen) atoms. The van der Waals surface area contributed by atoms with Gasteiger partial charge in [-0.1, -0.05) is 36.4 Å². The zero-order chi connectivity index (χ0) is 13.2. The number of ether oxygens (including phenoxy) is 1. The van der Waals surface area contributed by atoms with E-state index in [1.165, 1.54) is 12.3 Å². The lowest BCUT2D eigenvalue weighted by Crippen LogP contribution is -2.02. The van der Waals surface area contributed by atoms with E-state index >= 15 is 0 Å². The maximum absolute atomic E-state index is 11.4. The Morgan fingerprint density at radius 3 is 2.67 bits per heavy atom. The molecular formula is C14H15NO3. The highest BCUT2D eigenvalue weighted by Crippen LogP contribution is 2.01. The average molecular weight is 245 g/mol. The monoisotopic (exact) mass is 245 g/mol. The summed E-state index contributed by atoms with van der Waals surface area (Å²) in [5, 5.41) is 2.38. The number of allylic oxidation sites excluding steroid dienone is 2. The number of carbonyl (C=O) groups is 2. The fraction of sp³-hybridized carbons (Fsp3) is 0.143. The zero-order valence-electron chi connectivity index (χ0n) is 10.1. The van der Waals surface area contributed by atoms with Crippen LogP contribution in [0.15, 0.2) is 54.3 Å². The molecule has 0 saturated carbocycles. The molecule has 0 spiro atoms. The molecular weight excluding hydrogens is 230 g/mol. The molecule has 0 bridgehead atoms. The molecule has 4 heteroatoms. The van der Waals surface area contributed by atoms with Crippen molar-refractivity contribution >= 4 is 12.4 Å². The van der Waals surface area contributed by atoms with Gasteiger partial charge < -0.3 is 10.1 Å². The van der Waals surface area contributed by atoms with E-state index in [9.17, 15) is 9.59 Å². The van der Waals surface area contributed by atoms with Gasteiger partial charge in [-0.15, -0.1) is 0 Å². The molecule has 0 unspecified atom stereocenters. The molecule has 0 heterocycles. The minimum atomic E-state index is -0.419. The van der Waals surface area contributed by atoms with Crippen molar-refractivity contribution in [3.63, 3.8) is 0 Å². The van der Waals surface area contributed by atoms with Crippen LogP contribution in [-0.4, -0.2) is 12.4 Å². The molecule has 94 valence electrons. The Balaban J connectivity index is 2.38. The molecule has 1 rings (SSSR count). The first-order valence-corrected chi connectivity index (χ1v) is 5.47. The van der Waals surface area contributed by atoms with Crippen molar-refractivity contribution in [3.05, 3.63) is 59.8 Å². The molecule has 0 fully saturated rings. The second-order valence-electron chi connectivity index (χ2n) is 3.60. The summed E-state index contributed by atoms with van der Waals surface area (Å²) in [6.07, 6.45) is 4.95. The molecule has 0 aromatic heterocycles. The molecule has 0 aliphatic heterocycles. The average Bonchev–Trinajstić information content (AvgIpc) is 2.41. The number of carbonyl (C=O) groups excluding carboxylic acids is 2. The maximum Gasteiger partial charge on any atom is 0.331 e. The van der Waals surface area contributed by atoms with Crippen LogP contribution in [0.4, 0.5) is 0 Å². The molecule has 0 radical (unpaired) electrons. The van der Waals surface area contributed by atoms with Crippen molar-refractivity contribution in [3.8, 4) is 0 Å². The predicted octanol–water partition coefficient (Wildman–Crippen LogP) is 1.94. The highest BCUT2D eigenvalue weighted by molar-refractivity contribution is 5.82. The first kappa shape index (κ1) is 13.7. The number of esters is 1. The lowest BCUT2D eigenvalue weighted by atomic mass is 10.2. The second-order valence-corrected chi connectivity index (χ2v) is 3.60. The van der Waals surface area contributed by atoms with Crippen molar-refractivity contribution in [1.29, 1.82) is 0 Å². The summed E-state index contributed by atoms with van der Waals surface area (Å²) >= 11 is 0. The lowest BCUT2D eigenvalue weighted by Gasteiger charge is -2.01. The Morgan fingerprint density at radius 1 is 1.28 bits per heavy atom. The molecule has 1 aromatic rings. The van der Waals surface area contributed by atoms with Crippen molar-refractivity contribution in [2.45, 2.75) is 13.5 Å². The van der Waals surface area contributed by atoms with Crippen LogP contribution in [0.2, 0.25) is 0 Å². The van der Waals surface area contributed by atoms with Gasteiger partial charge in [-0.3, -0.25) is 4.79 Å². The lowest BCUT2D eigenvalue weighted by molar-refractivity contribution is -0.139. The fourth-order valence-electron chi connectivity index (χ4n) is 1.19. The quantitative estimate of drug-likeness (QED) is 0.360. The third-order valence-electron chi connectivity index (χ3n) is 2.09. The summed E-state index contributed by atoms with van der Waals surface area (Å²) < 4.78 is 5.04. The number of nitrogens with one attached hydrogen (secondary N) is 1. The van der Waals surface area contributed by atoms with Gasteiger partial charge in [0.1, 0.15) is 6.61 Å². The Bertz CT molecular complexity index is 449. The number of benzene rings is 1. The largest absolute Gasteiger partial charge is 0.458 e. The van der Waals surface area contributed by atoms with Crippen LogP contribution in [-0.2, 0) is 20.9 Å². The van der Waals surface area contributed by atoms with Gasteiger partial charge in [0.2, 0.25) is 6.41 Å². The predicted molar refractivity (Wildman–Crippen MR) is 68.3 cm³/mol. The van der Waals surface area contributed by atoms with Crippen LogP contribution in [0, 0.1) is 0 Å². The molecule has 1 aromatic carbocycles. The van der Waals surface area contributed by atoms with Gasteiger partial charge >= 0.3 is 5.97 Å². The Labute approximate surface area is 106 Å². The van der Waals surface area contributed by atoms with E-state index in [4.69, 9.17) is 4.74 Å². The zero-order valence-corrected chi connectivity index (χ0v) is 10.1. The van der Waals surface area contributed by atoms with Gasteiger partial charge in [0.15, 0.2) is 0 Å². The molecule has 0 atom stereocenters. The summed E-state index contributed by atoms with van der Waals surface area (Å²) in [6.45, 7) is 2.01. The molecule has 0 saturated heterocycles. The number of hydrogen-bond donors (Lipinski definition) is 1. The first-order valence-electron chi connectivity index (χ1n) is 5.47. The van der Waals surface area contributed by atoms with Gasteiger partial charge in [-0.05, 0) is 18.1 Å². The molecule has 4 nitrogen and oxygen atoms in total. The number of amides is 1. The van der Waals surface area contributed by atoms with Gasteiger partial charge in [0, 0.05) is 12.3 Å². The van der Waals surface area contributed by atoms with Gasteiger partial charge in [-0.2, -0.15) is 0 Å². The summed E-state index contributed by atoms with van der Waals surface area (Å²) in [4.78, 5) is 21.4. The minimum Gasteiger partial charge on any atom is -0.458 e. The van der Waals surface area contributed by atoms with E-state index in [-0.39, 0.29) is 6.61 Å². The van der Waals surface area contributed by atoms with Crippen LogP contribution in [0.1, 0.15) is 12.5 Å². The van der Waals surface area contributed by atoms with Crippen LogP contribution >= 0.6 is 0 Å². The van der Waals surface area contributed by atoms with E-state index in [0.717, 1.165) is 11.1 Å². The standard InChI is InChI=1S/C14H15NO3/c1-12(9-15-11-16)7-8-14(17)18-10-13-5-3-2-4-6-13/h2-9,11H,10H2,1H3,(H,15,16)/b8-7-,12-9-. The first-order chi connectivity index (χ1) is 8.72. The van der Waals surface area contributed by atoms with E-state index in [1.807, 2.05) is 30.3 Å². The van der Waals surface area contributed by atoms with Gasteiger partial charge in [0.05, 0.1) is 0 Å². The second kappa shape index (κ2) is 7.84. The molecule has 0 aliphatic carbocycles. The summed E-state index contributed by atoms with van der Waals surface area (Å²) in [5.74, 6) is -0.419. The third-order valence-corrected chi connectivity index (χ3v) is 2.09. The smallest absolute Gasteiger partial charge is 0.331 e. The van der Waals surface area contributed by atoms with Gasteiger partial charge in [-0.25, -0.2) is 4.79 Å². The topological polar surface area (TPSA) is 55.4 Å². The highest BCUT2D eigenvalue weighted by Gasteiger charge is 1.97. The summed E-state index contributed by atoms with van der Waals surface area (Å²) in [7, 11) is 0. The molecule has 0 aliphatic rings. The summed E-state index contributed by atoms with van der Waals surface area (Å²) in [5.41, 5.74) is 1.69. The Hall–Kier alpha value is -2.36. The number of rotatable bonds is 6. The molecule has 1 amide bonds. The Morgan fingerprint density at radius 2 is 2.00 bits per heavy atom. The SMILES string of the molecule is CC(/C=C\C(=O)OCc1ccccc1)=C/NC=O. The van der Waals surface area contributed by atoms with E-state index in [0.29, 0.717) is 6.41 Å². The van der Waals surface area contributed by atoms with Crippen molar-refractivity contribution in [2.24, 2.45) is 0 Å². The van der Waals surface area contributed by atoms with Crippen LogP contribution in [0.5, 0.6) is 0 Å². The van der Waals surface area contributed by atoms with Crippen LogP contribution in [0.3, 0.4) is 0 Å². The highest BCUT2D eigenvalue weighted by atomic mass is 16.5. The minimum absolute atomic E-state index is 0.249. The fourth-order valence-corrected chi connectivity index (χ4v) is 1.19. The maximum atomic E-state index is 11.4. The van der Waals surface area contributed by atoms with Crippen molar-refractivity contribution in [1.82, 2.24) is 5.32 Å². The third kappa shape index (κ3) is 5.65. The van der Waals surface area contributed by atoms with E-state index < -0.39 is 5.97 Å². The summed E-state index contributed by atoms with van der Waals surface area (Å²) in [6, 6.07) is 9.44. The van der Waals surface area contributed by atoms with Crippen molar-refractivity contribution < 1.29 is 14.3 Å². The van der Waals surface area contributed by atoms with Crippen molar-refractivity contribution in [2.75, 3.05) is 0 Å². The van der Waals surface area contributed by atoms with E-state index in [2.05, 4.69) is 5.32 Å². The molecule has 1 N–H and O–H groups in total. The van der Waals surface area contributed by atoms with Crippen LogP contribution < -0.4 is 5.32 Å².